The molecule has 0 radical (unpaired) electrons. The van der Waals surface area contributed by atoms with E-state index in [-0.39, 0.29) is 18.4 Å². The summed E-state index contributed by atoms with van der Waals surface area (Å²) in [4.78, 5) is 1.77. The van der Waals surface area contributed by atoms with E-state index in [0.29, 0.717) is 6.54 Å². The van der Waals surface area contributed by atoms with Crippen LogP contribution in [0.25, 0.3) is 11.3 Å². The number of nitrogens with one attached hydrogen (secondary N) is 1. The Morgan fingerprint density at radius 3 is 2.55 bits per heavy atom. The minimum atomic E-state index is 0. The highest BCUT2D eigenvalue weighted by atomic mass is 35.5. The quantitative estimate of drug-likeness (QED) is 0.657. The maximum Gasteiger partial charge on any atom is 0.117 e. The summed E-state index contributed by atoms with van der Waals surface area (Å²) < 4.78 is 0. The van der Waals surface area contributed by atoms with Gasteiger partial charge in [0.2, 0.25) is 0 Å². The molecule has 108 valence electrons. The van der Waals surface area contributed by atoms with Gasteiger partial charge in [-0.25, -0.2) is 0 Å². The van der Waals surface area contributed by atoms with Gasteiger partial charge in [0, 0.05) is 18.7 Å². The molecular weight excluding hydrogens is 272 g/mol. The van der Waals surface area contributed by atoms with Gasteiger partial charge in [-0.05, 0) is 13.8 Å². The van der Waals surface area contributed by atoms with Gasteiger partial charge < -0.3 is 5.32 Å². The third kappa shape index (κ3) is 3.92. The highest BCUT2D eigenvalue weighted by molar-refractivity contribution is 5.85. The van der Waals surface area contributed by atoms with Gasteiger partial charge in [0.05, 0.1) is 6.04 Å². The molecule has 0 atom stereocenters. The summed E-state index contributed by atoms with van der Waals surface area (Å²) in [5.74, 6) is 0. The second kappa shape index (κ2) is 7.82. The lowest BCUT2D eigenvalue weighted by molar-refractivity contribution is 0.462. The fourth-order valence-corrected chi connectivity index (χ4v) is 1.82. The van der Waals surface area contributed by atoms with E-state index in [1.807, 2.05) is 24.3 Å². The molecule has 2 aromatic rings. The van der Waals surface area contributed by atoms with Gasteiger partial charge in [-0.3, -0.25) is 0 Å². The van der Waals surface area contributed by atoms with Crippen LogP contribution in [0.5, 0.6) is 0 Å². The molecule has 1 aromatic heterocycles. The fourth-order valence-electron chi connectivity index (χ4n) is 1.82. The zero-order chi connectivity index (χ0) is 13.7. The number of aromatic nitrogens is 3. The maximum absolute atomic E-state index is 4.60. The molecule has 0 amide bonds. The molecular formula is C15H21ClN4. The molecule has 1 N–H and O–H groups in total. The van der Waals surface area contributed by atoms with Crippen LogP contribution in [0.15, 0.2) is 43.0 Å². The van der Waals surface area contributed by atoms with Crippen LogP contribution >= 0.6 is 12.4 Å². The van der Waals surface area contributed by atoms with Crippen LogP contribution in [0.3, 0.4) is 0 Å². The van der Waals surface area contributed by atoms with E-state index in [1.54, 1.807) is 4.80 Å². The zero-order valence-corrected chi connectivity index (χ0v) is 12.7. The van der Waals surface area contributed by atoms with Crippen molar-refractivity contribution in [3.8, 4) is 11.3 Å². The molecule has 0 bridgehead atoms. The summed E-state index contributed by atoms with van der Waals surface area (Å²) in [5.41, 5.74) is 3.03. The normalized spacial score (nSPS) is 10.3. The highest BCUT2D eigenvalue weighted by Gasteiger charge is 2.13. The molecule has 2 rings (SSSR count). The van der Waals surface area contributed by atoms with E-state index < -0.39 is 0 Å². The molecule has 4 nitrogen and oxygen atoms in total. The lowest BCUT2D eigenvalue weighted by Gasteiger charge is -2.01. The first-order valence-corrected chi connectivity index (χ1v) is 6.55. The summed E-state index contributed by atoms with van der Waals surface area (Å²) in [6, 6.07) is 10.4. The predicted octanol–water partition coefficient (Wildman–Crippen LogP) is 3.22. The van der Waals surface area contributed by atoms with Crippen molar-refractivity contribution in [1.82, 2.24) is 20.3 Å². The molecule has 0 aliphatic rings. The lowest BCUT2D eigenvalue weighted by atomic mass is 10.1. The molecule has 0 fully saturated rings. The third-order valence-electron chi connectivity index (χ3n) is 2.79. The number of hydrogen-bond donors (Lipinski definition) is 1. The first-order chi connectivity index (χ1) is 9.22. The topological polar surface area (TPSA) is 42.7 Å². The summed E-state index contributed by atoms with van der Waals surface area (Å²) in [5, 5.41) is 12.4. The van der Waals surface area contributed by atoms with E-state index in [1.165, 1.54) is 0 Å². The molecule has 0 unspecified atom stereocenters. The minimum absolute atomic E-state index is 0. The molecule has 0 spiro atoms. The van der Waals surface area contributed by atoms with Crippen molar-refractivity contribution in [2.45, 2.75) is 26.4 Å². The van der Waals surface area contributed by atoms with Crippen LogP contribution in [-0.4, -0.2) is 21.5 Å². The lowest BCUT2D eigenvalue weighted by Crippen LogP contribution is -2.14. The Hall–Kier alpha value is -1.65. The smallest absolute Gasteiger partial charge is 0.117 e. The molecule has 0 saturated carbocycles. The van der Waals surface area contributed by atoms with Crippen molar-refractivity contribution in [2.75, 3.05) is 6.54 Å². The first-order valence-electron chi connectivity index (χ1n) is 6.55. The monoisotopic (exact) mass is 292 g/mol. The standard InChI is InChI=1S/C15H20N4.ClH/c1-4-10-16-11-14-15(13-8-6-5-7-9-13)18-19(17-14)12(2)3;/h4-9,12,16H,1,10-11H2,2-3H3;1H. The molecule has 5 heteroatoms. The fraction of sp³-hybridized carbons (Fsp3) is 0.333. The van der Waals surface area contributed by atoms with E-state index >= 15 is 0 Å². The van der Waals surface area contributed by atoms with Crippen LogP contribution in [0.4, 0.5) is 0 Å². The molecule has 0 saturated heterocycles. The Morgan fingerprint density at radius 2 is 1.95 bits per heavy atom. The number of hydrogen-bond acceptors (Lipinski definition) is 3. The van der Waals surface area contributed by atoms with Crippen LogP contribution < -0.4 is 5.32 Å². The van der Waals surface area contributed by atoms with Gasteiger partial charge in [-0.1, -0.05) is 36.4 Å². The van der Waals surface area contributed by atoms with E-state index in [4.69, 9.17) is 0 Å². The number of benzene rings is 1. The van der Waals surface area contributed by atoms with Crippen molar-refractivity contribution < 1.29 is 0 Å². The summed E-state index contributed by atoms with van der Waals surface area (Å²) >= 11 is 0. The largest absolute Gasteiger partial charge is 0.308 e. The van der Waals surface area contributed by atoms with Crippen molar-refractivity contribution >= 4 is 12.4 Å². The Balaban J connectivity index is 0.00000200. The molecule has 20 heavy (non-hydrogen) atoms. The van der Waals surface area contributed by atoms with Gasteiger partial charge in [-0.2, -0.15) is 15.0 Å². The van der Waals surface area contributed by atoms with Gasteiger partial charge in [0.25, 0.3) is 0 Å². The highest BCUT2D eigenvalue weighted by Crippen LogP contribution is 2.20. The Morgan fingerprint density at radius 1 is 1.25 bits per heavy atom. The van der Waals surface area contributed by atoms with Crippen LogP contribution in [0.2, 0.25) is 0 Å². The molecule has 1 aromatic carbocycles. The molecule has 0 aliphatic carbocycles. The zero-order valence-electron chi connectivity index (χ0n) is 11.9. The Labute approximate surface area is 126 Å². The van der Waals surface area contributed by atoms with E-state index in [0.717, 1.165) is 23.5 Å². The van der Waals surface area contributed by atoms with Crippen molar-refractivity contribution in [1.29, 1.82) is 0 Å². The van der Waals surface area contributed by atoms with Crippen molar-refractivity contribution in [3.63, 3.8) is 0 Å². The minimum Gasteiger partial charge on any atom is -0.308 e. The van der Waals surface area contributed by atoms with Gasteiger partial charge in [0.1, 0.15) is 11.4 Å². The third-order valence-corrected chi connectivity index (χ3v) is 2.79. The summed E-state index contributed by atoms with van der Waals surface area (Å²) in [6.45, 7) is 9.32. The number of halogens is 1. The summed E-state index contributed by atoms with van der Waals surface area (Å²) in [7, 11) is 0. The number of nitrogens with zero attached hydrogens (tertiary/aromatic N) is 3. The Kier molecular flexibility index (Phi) is 6.42. The number of rotatable bonds is 6. The Bertz CT molecular complexity index is 534. The van der Waals surface area contributed by atoms with Crippen LogP contribution in [0.1, 0.15) is 25.6 Å². The predicted molar refractivity (Wildman–Crippen MR) is 85.0 cm³/mol. The van der Waals surface area contributed by atoms with Gasteiger partial charge in [-0.15, -0.1) is 19.0 Å². The first kappa shape index (κ1) is 16.4. The van der Waals surface area contributed by atoms with Crippen molar-refractivity contribution in [2.24, 2.45) is 0 Å². The van der Waals surface area contributed by atoms with Crippen LogP contribution in [0, 0.1) is 0 Å². The van der Waals surface area contributed by atoms with Gasteiger partial charge >= 0.3 is 0 Å². The SMILES string of the molecule is C=CCNCc1nn(C(C)C)nc1-c1ccccc1.Cl. The van der Waals surface area contributed by atoms with Crippen LogP contribution in [-0.2, 0) is 6.54 Å². The summed E-state index contributed by atoms with van der Waals surface area (Å²) in [6.07, 6.45) is 1.84. The van der Waals surface area contributed by atoms with E-state index in [2.05, 4.69) is 48.1 Å². The molecule has 0 aliphatic heterocycles. The van der Waals surface area contributed by atoms with Crippen molar-refractivity contribution in [3.05, 3.63) is 48.7 Å². The second-order valence-corrected chi connectivity index (χ2v) is 4.70. The average Bonchev–Trinajstić information content (AvgIpc) is 2.84. The van der Waals surface area contributed by atoms with E-state index in [9.17, 15) is 0 Å². The second-order valence-electron chi connectivity index (χ2n) is 4.70. The molecule has 1 heterocycles. The maximum atomic E-state index is 4.60. The van der Waals surface area contributed by atoms with Gasteiger partial charge in [0.15, 0.2) is 0 Å². The average molecular weight is 293 g/mol.